The maximum atomic E-state index is 12.3. The van der Waals surface area contributed by atoms with E-state index in [4.69, 9.17) is 0 Å². The average Bonchev–Trinajstić information content (AvgIpc) is 2.97. The monoisotopic (exact) mass is 316 g/mol. The van der Waals surface area contributed by atoms with Crippen LogP contribution >= 0.6 is 0 Å². The molecule has 8 heteroatoms. The third kappa shape index (κ3) is 3.41. The molecule has 1 N–H and O–H groups in total. The number of aryl methyl sites for hydroxylation is 2. The molecule has 8 nitrogen and oxygen atoms in total. The SMILES string of the molecule is Cn1ccc(C2CCN(C(=O)Nc3ccc(=O)n(C)n3)CC2)n1. The molecule has 0 atom stereocenters. The molecular weight excluding hydrogens is 296 g/mol. The molecule has 0 radical (unpaired) electrons. The fourth-order valence-corrected chi connectivity index (χ4v) is 2.79. The number of amides is 2. The lowest BCUT2D eigenvalue weighted by Gasteiger charge is -2.31. The summed E-state index contributed by atoms with van der Waals surface area (Å²) in [6.07, 6.45) is 3.73. The average molecular weight is 316 g/mol. The van der Waals surface area contributed by atoms with Crippen molar-refractivity contribution < 1.29 is 4.79 Å². The Bertz CT molecular complexity index is 757. The summed E-state index contributed by atoms with van der Waals surface area (Å²) in [7, 11) is 3.46. The van der Waals surface area contributed by atoms with Crippen molar-refractivity contribution in [1.29, 1.82) is 0 Å². The highest BCUT2D eigenvalue weighted by Gasteiger charge is 2.25. The van der Waals surface area contributed by atoms with E-state index in [1.807, 2.05) is 19.3 Å². The maximum Gasteiger partial charge on any atom is 0.323 e. The van der Waals surface area contributed by atoms with Crippen molar-refractivity contribution in [2.75, 3.05) is 18.4 Å². The molecule has 1 aliphatic heterocycles. The van der Waals surface area contributed by atoms with Crippen LogP contribution in [0.1, 0.15) is 24.5 Å². The molecule has 122 valence electrons. The Labute approximate surface area is 133 Å². The van der Waals surface area contributed by atoms with Gasteiger partial charge in [0.15, 0.2) is 5.82 Å². The van der Waals surface area contributed by atoms with Crippen LogP contribution in [0.15, 0.2) is 29.2 Å². The summed E-state index contributed by atoms with van der Waals surface area (Å²) in [6.45, 7) is 1.36. The van der Waals surface area contributed by atoms with Crippen LogP contribution in [0.4, 0.5) is 10.6 Å². The molecule has 0 aromatic carbocycles. The van der Waals surface area contributed by atoms with Crippen LogP contribution in [-0.4, -0.2) is 43.6 Å². The van der Waals surface area contributed by atoms with E-state index >= 15 is 0 Å². The Morgan fingerprint density at radius 1 is 1.17 bits per heavy atom. The van der Waals surface area contributed by atoms with Crippen LogP contribution in [0.3, 0.4) is 0 Å². The lowest BCUT2D eigenvalue weighted by atomic mass is 9.94. The summed E-state index contributed by atoms with van der Waals surface area (Å²) in [4.78, 5) is 25.3. The molecule has 2 aromatic heterocycles. The molecule has 2 aromatic rings. The molecule has 0 spiro atoms. The summed E-state index contributed by atoms with van der Waals surface area (Å²) in [5.41, 5.74) is 0.881. The smallest absolute Gasteiger partial charge is 0.323 e. The van der Waals surface area contributed by atoms with E-state index in [0.29, 0.717) is 24.8 Å². The van der Waals surface area contributed by atoms with Crippen LogP contribution in [0.25, 0.3) is 0 Å². The number of rotatable bonds is 2. The summed E-state index contributed by atoms with van der Waals surface area (Å²) < 4.78 is 3.00. The second-order valence-electron chi connectivity index (χ2n) is 5.79. The van der Waals surface area contributed by atoms with Crippen molar-refractivity contribution in [3.63, 3.8) is 0 Å². The molecular formula is C15H20N6O2. The standard InChI is InChI=1S/C15H20N6O2/c1-19-8-7-12(17-19)11-5-9-21(10-6-11)15(23)16-13-3-4-14(22)20(2)18-13/h3-4,7-8,11H,5-6,9-10H2,1-2H3,(H,16,18,23). The highest BCUT2D eigenvalue weighted by atomic mass is 16.2. The van der Waals surface area contributed by atoms with E-state index in [0.717, 1.165) is 18.5 Å². The van der Waals surface area contributed by atoms with E-state index in [2.05, 4.69) is 15.5 Å². The number of likely N-dealkylation sites (tertiary alicyclic amines) is 1. The Morgan fingerprint density at radius 2 is 1.91 bits per heavy atom. The fourth-order valence-electron chi connectivity index (χ4n) is 2.79. The first-order valence-electron chi connectivity index (χ1n) is 7.63. The zero-order chi connectivity index (χ0) is 16.4. The van der Waals surface area contributed by atoms with Gasteiger partial charge in [0.05, 0.1) is 5.69 Å². The first-order valence-corrected chi connectivity index (χ1v) is 7.63. The van der Waals surface area contributed by atoms with Gasteiger partial charge < -0.3 is 4.90 Å². The van der Waals surface area contributed by atoms with Crippen molar-refractivity contribution in [3.8, 4) is 0 Å². The molecule has 0 unspecified atom stereocenters. The molecule has 3 heterocycles. The predicted octanol–water partition coefficient (Wildman–Crippen LogP) is 0.925. The van der Waals surface area contributed by atoms with Crippen LogP contribution in [0.5, 0.6) is 0 Å². The van der Waals surface area contributed by atoms with Gasteiger partial charge in [-0.25, -0.2) is 9.48 Å². The zero-order valence-electron chi connectivity index (χ0n) is 13.3. The van der Waals surface area contributed by atoms with E-state index in [1.54, 1.807) is 16.6 Å². The molecule has 2 amide bonds. The zero-order valence-corrected chi connectivity index (χ0v) is 13.3. The van der Waals surface area contributed by atoms with Crippen LogP contribution < -0.4 is 10.9 Å². The lowest BCUT2D eigenvalue weighted by Crippen LogP contribution is -2.41. The van der Waals surface area contributed by atoms with Crippen molar-refractivity contribution in [3.05, 3.63) is 40.4 Å². The first-order chi connectivity index (χ1) is 11.0. The fraction of sp³-hybridized carbons (Fsp3) is 0.467. The Kier molecular flexibility index (Phi) is 4.14. The summed E-state index contributed by atoms with van der Waals surface area (Å²) >= 11 is 0. The van der Waals surface area contributed by atoms with Crippen molar-refractivity contribution in [2.24, 2.45) is 14.1 Å². The van der Waals surface area contributed by atoms with Gasteiger partial charge in [0.25, 0.3) is 5.56 Å². The molecule has 1 fully saturated rings. The second kappa shape index (κ2) is 6.23. The number of carbonyl (C=O) groups excluding carboxylic acids is 1. The minimum atomic E-state index is -0.209. The summed E-state index contributed by atoms with van der Waals surface area (Å²) in [5, 5.41) is 11.2. The van der Waals surface area contributed by atoms with Gasteiger partial charge in [0, 0.05) is 45.4 Å². The number of anilines is 1. The predicted molar refractivity (Wildman–Crippen MR) is 85.3 cm³/mol. The molecule has 23 heavy (non-hydrogen) atoms. The van der Waals surface area contributed by atoms with Gasteiger partial charge in [-0.15, -0.1) is 0 Å². The van der Waals surface area contributed by atoms with Gasteiger partial charge in [0.2, 0.25) is 0 Å². The highest BCUT2D eigenvalue weighted by molar-refractivity contribution is 5.88. The number of urea groups is 1. The largest absolute Gasteiger partial charge is 0.324 e. The number of nitrogens with one attached hydrogen (secondary N) is 1. The Morgan fingerprint density at radius 3 is 2.52 bits per heavy atom. The minimum Gasteiger partial charge on any atom is -0.324 e. The van der Waals surface area contributed by atoms with Crippen LogP contribution in [0, 0.1) is 0 Å². The van der Waals surface area contributed by atoms with Crippen molar-refractivity contribution >= 4 is 11.8 Å². The molecule has 1 saturated heterocycles. The van der Waals surface area contributed by atoms with E-state index in [1.165, 1.54) is 16.8 Å². The van der Waals surface area contributed by atoms with E-state index in [-0.39, 0.29) is 11.6 Å². The molecule has 0 saturated carbocycles. The van der Waals surface area contributed by atoms with Gasteiger partial charge in [-0.3, -0.25) is 14.8 Å². The number of aromatic nitrogens is 4. The Balaban J connectivity index is 1.57. The first kappa shape index (κ1) is 15.3. The number of piperidine rings is 1. The lowest BCUT2D eigenvalue weighted by molar-refractivity contribution is 0.194. The van der Waals surface area contributed by atoms with Crippen LogP contribution in [-0.2, 0) is 14.1 Å². The van der Waals surface area contributed by atoms with Gasteiger partial charge in [-0.2, -0.15) is 10.2 Å². The van der Waals surface area contributed by atoms with Gasteiger partial charge >= 0.3 is 6.03 Å². The molecule has 0 aliphatic carbocycles. The number of nitrogens with zero attached hydrogens (tertiary/aromatic N) is 5. The van der Waals surface area contributed by atoms with Gasteiger partial charge in [0.1, 0.15) is 0 Å². The normalized spacial score (nSPS) is 15.7. The minimum absolute atomic E-state index is 0.185. The maximum absolute atomic E-state index is 12.3. The topological polar surface area (TPSA) is 85.0 Å². The Hall–Kier alpha value is -2.64. The number of hydrogen-bond acceptors (Lipinski definition) is 4. The molecule has 3 rings (SSSR count). The van der Waals surface area contributed by atoms with Crippen molar-refractivity contribution in [1.82, 2.24) is 24.5 Å². The van der Waals surface area contributed by atoms with E-state index in [9.17, 15) is 9.59 Å². The molecule has 1 aliphatic rings. The van der Waals surface area contributed by atoms with Crippen LogP contribution in [0.2, 0.25) is 0 Å². The summed E-state index contributed by atoms with van der Waals surface area (Å²) in [5.74, 6) is 0.778. The third-order valence-electron chi connectivity index (χ3n) is 4.13. The van der Waals surface area contributed by atoms with Gasteiger partial charge in [-0.05, 0) is 25.0 Å². The highest BCUT2D eigenvalue weighted by Crippen LogP contribution is 2.26. The number of carbonyl (C=O) groups is 1. The van der Waals surface area contributed by atoms with Crippen molar-refractivity contribution in [2.45, 2.75) is 18.8 Å². The molecule has 0 bridgehead atoms. The van der Waals surface area contributed by atoms with Gasteiger partial charge in [-0.1, -0.05) is 0 Å². The van der Waals surface area contributed by atoms with E-state index < -0.39 is 0 Å². The second-order valence-corrected chi connectivity index (χ2v) is 5.79. The number of hydrogen-bond donors (Lipinski definition) is 1. The third-order valence-corrected chi connectivity index (χ3v) is 4.13. The quantitative estimate of drug-likeness (QED) is 0.893. The summed E-state index contributed by atoms with van der Waals surface area (Å²) in [6, 6.07) is 4.75.